The molecule has 2 atom stereocenters. The second-order valence-electron chi connectivity index (χ2n) is 10.1. The van der Waals surface area contributed by atoms with E-state index in [2.05, 4.69) is 46.2 Å². The van der Waals surface area contributed by atoms with E-state index in [1.54, 1.807) is 0 Å². The molecule has 7 nitrogen and oxygen atoms in total. The van der Waals surface area contributed by atoms with Crippen LogP contribution in [0.15, 0.2) is 10.9 Å². The number of aromatic nitrogens is 3. The van der Waals surface area contributed by atoms with E-state index in [1.165, 1.54) is 29.8 Å². The Hall–Kier alpha value is -2.12. The van der Waals surface area contributed by atoms with Crippen LogP contribution in [-0.2, 0) is 30.8 Å². The van der Waals surface area contributed by atoms with Crippen LogP contribution in [0.4, 0.5) is 5.95 Å². The van der Waals surface area contributed by atoms with Gasteiger partial charge in [-0.3, -0.25) is 14.7 Å². The first-order valence-electron chi connectivity index (χ1n) is 12.3. The van der Waals surface area contributed by atoms with Crippen molar-refractivity contribution in [1.82, 2.24) is 19.4 Å². The summed E-state index contributed by atoms with van der Waals surface area (Å²) in [4.78, 5) is 25.5. The molecule has 3 aliphatic heterocycles. The monoisotopic (exact) mass is 439 g/mol. The fraction of sp³-hybridized carbons (Fsp3) is 0.680. The van der Waals surface area contributed by atoms with E-state index in [1.807, 2.05) is 0 Å². The third-order valence-electron chi connectivity index (χ3n) is 7.58. The highest BCUT2D eigenvalue weighted by molar-refractivity contribution is 5.35. The SMILES string of the molecule is Cc1cc(CN2CCc3c(nc(N4CCC[C@@H](C)C4)[nH]c3=O)C2)c(C)n1C[C@@H]1CCCO1. The molecule has 0 aliphatic carbocycles. The molecule has 5 rings (SSSR count). The Morgan fingerprint density at radius 1 is 1.22 bits per heavy atom. The van der Waals surface area contributed by atoms with Crippen molar-refractivity contribution in [2.45, 2.75) is 78.6 Å². The molecule has 0 saturated carbocycles. The Morgan fingerprint density at radius 3 is 2.88 bits per heavy atom. The second kappa shape index (κ2) is 9.02. The highest BCUT2D eigenvalue weighted by atomic mass is 16.5. The van der Waals surface area contributed by atoms with Gasteiger partial charge in [0.2, 0.25) is 5.95 Å². The maximum absolute atomic E-state index is 12.8. The highest BCUT2D eigenvalue weighted by Gasteiger charge is 2.26. The molecular weight excluding hydrogens is 402 g/mol. The lowest BCUT2D eigenvalue weighted by molar-refractivity contribution is 0.0961. The Morgan fingerprint density at radius 2 is 2.09 bits per heavy atom. The van der Waals surface area contributed by atoms with Gasteiger partial charge in [0.25, 0.3) is 5.56 Å². The first-order chi connectivity index (χ1) is 15.5. The number of nitrogens with one attached hydrogen (secondary N) is 1. The largest absolute Gasteiger partial charge is 0.376 e. The average Bonchev–Trinajstić information content (AvgIpc) is 3.38. The Kier molecular flexibility index (Phi) is 6.12. The molecular formula is C25H37N5O2. The number of ether oxygens (including phenoxy) is 1. The molecule has 5 heterocycles. The number of hydrogen-bond donors (Lipinski definition) is 1. The van der Waals surface area contributed by atoms with Crippen molar-refractivity contribution < 1.29 is 4.74 Å². The van der Waals surface area contributed by atoms with Gasteiger partial charge < -0.3 is 14.2 Å². The molecule has 2 saturated heterocycles. The smallest absolute Gasteiger partial charge is 0.255 e. The minimum atomic E-state index is 0.0534. The molecule has 0 aromatic carbocycles. The van der Waals surface area contributed by atoms with Crippen LogP contribution in [0.1, 0.15) is 60.8 Å². The summed E-state index contributed by atoms with van der Waals surface area (Å²) in [6.45, 7) is 13.0. The summed E-state index contributed by atoms with van der Waals surface area (Å²) in [6.07, 6.45) is 5.87. The molecule has 7 heteroatoms. The topological polar surface area (TPSA) is 66.4 Å². The number of anilines is 1. The number of nitrogens with zero attached hydrogens (tertiary/aromatic N) is 4. The number of fused-ring (bicyclic) bond motifs is 1. The van der Waals surface area contributed by atoms with Gasteiger partial charge >= 0.3 is 0 Å². The van der Waals surface area contributed by atoms with E-state index < -0.39 is 0 Å². The number of aryl methyl sites for hydroxylation is 1. The zero-order valence-corrected chi connectivity index (χ0v) is 19.8. The van der Waals surface area contributed by atoms with Crippen LogP contribution in [0.25, 0.3) is 0 Å². The first kappa shape index (κ1) is 21.7. The summed E-state index contributed by atoms with van der Waals surface area (Å²) in [6, 6.07) is 2.32. The van der Waals surface area contributed by atoms with Crippen LogP contribution in [-0.4, -0.2) is 51.8 Å². The van der Waals surface area contributed by atoms with Crippen molar-refractivity contribution in [2.24, 2.45) is 5.92 Å². The normalized spacial score (nSPS) is 24.2. The fourth-order valence-corrected chi connectivity index (χ4v) is 5.69. The number of rotatable bonds is 5. The van der Waals surface area contributed by atoms with Crippen molar-refractivity contribution in [3.63, 3.8) is 0 Å². The predicted molar refractivity (Wildman–Crippen MR) is 126 cm³/mol. The molecule has 0 radical (unpaired) electrons. The first-order valence-corrected chi connectivity index (χ1v) is 12.3. The van der Waals surface area contributed by atoms with Gasteiger partial charge in [0.05, 0.1) is 11.8 Å². The molecule has 0 spiro atoms. The molecule has 2 fully saturated rings. The Bertz CT molecular complexity index is 1020. The third-order valence-corrected chi connectivity index (χ3v) is 7.58. The van der Waals surface area contributed by atoms with Gasteiger partial charge in [0.1, 0.15) is 0 Å². The molecule has 2 aromatic heterocycles. The van der Waals surface area contributed by atoms with Crippen molar-refractivity contribution in [1.29, 1.82) is 0 Å². The van der Waals surface area contributed by atoms with Crippen LogP contribution >= 0.6 is 0 Å². The van der Waals surface area contributed by atoms with E-state index in [-0.39, 0.29) is 5.56 Å². The summed E-state index contributed by atoms with van der Waals surface area (Å²) in [5, 5.41) is 0. The number of piperidine rings is 1. The van der Waals surface area contributed by atoms with Gasteiger partial charge in [0, 0.05) is 62.8 Å². The van der Waals surface area contributed by atoms with Crippen molar-refractivity contribution in [2.75, 3.05) is 31.1 Å². The van der Waals surface area contributed by atoms with Crippen molar-refractivity contribution >= 4 is 5.95 Å². The third kappa shape index (κ3) is 4.37. The maximum Gasteiger partial charge on any atom is 0.255 e. The molecule has 3 aliphatic rings. The summed E-state index contributed by atoms with van der Waals surface area (Å²) in [7, 11) is 0. The summed E-state index contributed by atoms with van der Waals surface area (Å²) >= 11 is 0. The van der Waals surface area contributed by atoms with Gasteiger partial charge in [-0.2, -0.15) is 0 Å². The van der Waals surface area contributed by atoms with E-state index in [9.17, 15) is 4.79 Å². The van der Waals surface area contributed by atoms with Gasteiger partial charge in [-0.15, -0.1) is 0 Å². The van der Waals surface area contributed by atoms with Gasteiger partial charge in [0.15, 0.2) is 0 Å². The van der Waals surface area contributed by atoms with Crippen molar-refractivity contribution in [3.05, 3.63) is 44.6 Å². The lowest BCUT2D eigenvalue weighted by Crippen LogP contribution is -2.39. The second-order valence-corrected chi connectivity index (χ2v) is 10.1. The van der Waals surface area contributed by atoms with Gasteiger partial charge in [-0.05, 0) is 63.5 Å². The number of H-pyrrole nitrogens is 1. The minimum absolute atomic E-state index is 0.0534. The summed E-state index contributed by atoms with van der Waals surface area (Å²) < 4.78 is 8.29. The predicted octanol–water partition coefficient (Wildman–Crippen LogP) is 3.16. The number of aromatic amines is 1. The molecule has 0 bridgehead atoms. The Balaban J connectivity index is 1.31. The number of hydrogen-bond acceptors (Lipinski definition) is 5. The summed E-state index contributed by atoms with van der Waals surface area (Å²) in [5.41, 5.74) is 5.91. The lowest BCUT2D eigenvalue weighted by Gasteiger charge is -2.33. The van der Waals surface area contributed by atoms with Crippen LogP contribution in [0, 0.1) is 19.8 Å². The highest BCUT2D eigenvalue weighted by Crippen LogP contribution is 2.25. The minimum Gasteiger partial charge on any atom is -0.376 e. The zero-order chi connectivity index (χ0) is 22.2. The van der Waals surface area contributed by atoms with Crippen LogP contribution in [0.5, 0.6) is 0 Å². The van der Waals surface area contributed by atoms with Crippen LogP contribution < -0.4 is 10.5 Å². The standard InChI is InChI=1S/C25H37N5O2/c1-17-6-4-9-29(13-17)25-26-23-16-28(10-8-22(23)24(31)27-25)14-20-12-18(2)30(19(20)3)15-21-7-5-11-32-21/h12,17,21H,4-11,13-16H2,1-3H3,(H,26,27,31)/t17-,21+/m1/s1. The van der Waals surface area contributed by atoms with Gasteiger partial charge in [-0.1, -0.05) is 6.92 Å². The molecule has 0 amide bonds. The fourth-order valence-electron chi connectivity index (χ4n) is 5.69. The van der Waals surface area contributed by atoms with E-state index >= 15 is 0 Å². The zero-order valence-electron chi connectivity index (χ0n) is 19.8. The quantitative estimate of drug-likeness (QED) is 0.775. The molecule has 174 valence electrons. The van der Waals surface area contributed by atoms with Crippen LogP contribution in [0.3, 0.4) is 0 Å². The average molecular weight is 440 g/mol. The maximum atomic E-state index is 12.8. The molecule has 2 aromatic rings. The summed E-state index contributed by atoms with van der Waals surface area (Å²) in [5.74, 6) is 1.41. The van der Waals surface area contributed by atoms with Gasteiger partial charge in [-0.25, -0.2) is 4.98 Å². The molecule has 0 unspecified atom stereocenters. The molecule has 1 N–H and O–H groups in total. The van der Waals surface area contributed by atoms with E-state index in [0.29, 0.717) is 12.0 Å². The lowest BCUT2D eigenvalue weighted by atomic mass is 10.0. The van der Waals surface area contributed by atoms with E-state index in [0.717, 1.165) is 82.3 Å². The van der Waals surface area contributed by atoms with Crippen molar-refractivity contribution in [3.8, 4) is 0 Å². The van der Waals surface area contributed by atoms with E-state index in [4.69, 9.17) is 9.72 Å². The van der Waals surface area contributed by atoms with Crippen LogP contribution in [0.2, 0.25) is 0 Å². The molecule has 32 heavy (non-hydrogen) atoms. The Labute approximate surface area is 190 Å².